The molecule has 0 aromatic heterocycles. The molecule has 1 aromatic rings. The second-order valence-corrected chi connectivity index (χ2v) is 6.34. The maximum atomic E-state index is 12.4. The first-order valence-corrected chi connectivity index (χ1v) is 8.77. The van der Waals surface area contributed by atoms with Crippen molar-refractivity contribution in [2.75, 3.05) is 11.4 Å². The molecule has 1 fully saturated rings. The van der Waals surface area contributed by atoms with Crippen LogP contribution in [0.5, 0.6) is 0 Å². The molecule has 1 aliphatic rings. The normalized spacial score (nSPS) is 15.7. The van der Waals surface area contributed by atoms with Gasteiger partial charge in [0.25, 0.3) is 0 Å². The number of anilines is 1. The van der Waals surface area contributed by atoms with Gasteiger partial charge in [-0.15, -0.1) is 0 Å². The lowest BCUT2D eigenvalue weighted by Crippen LogP contribution is -2.44. The molecule has 2 amide bonds. The van der Waals surface area contributed by atoms with E-state index >= 15 is 0 Å². The van der Waals surface area contributed by atoms with E-state index < -0.39 is 0 Å². The third-order valence-electron chi connectivity index (χ3n) is 4.57. The number of carbonyl (C=O) groups excluding carboxylic acids is 2. The number of hydrogen-bond acceptors (Lipinski definition) is 2. The summed E-state index contributed by atoms with van der Waals surface area (Å²) in [6.07, 6.45) is 7.82. The van der Waals surface area contributed by atoms with E-state index in [0.717, 1.165) is 30.5 Å². The second kappa shape index (κ2) is 8.70. The van der Waals surface area contributed by atoms with E-state index in [1.54, 1.807) is 4.90 Å². The molecule has 0 spiro atoms. The van der Waals surface area contributed by atoms with Crippen molar-refractivity contribution < 1.29 is 9.59 Å². The average Bonchev–Trinajstić information content (AvgIpc) is 2.81. The van der Waals surface area contributed by atoms with Crippen molar-refractivity contribution in [2.45, 2.75) is 64.8 Å². The predicted molar refractivity (Wildman–Crippen MR) is 93.5 cm³/mol. The molecular formula is C19H28N2O2. The fourth-order valence-corrected chi connectivity index (χ4v) is 3.28. The van der Waals surface area contributed by atoms with Gasteiger partial charge in [0.05, 0.1) is 0 Å². The third-order valence-corrected chi connectivity index (χ3v) is 4.57. The topological polar surface area (TPSA) is 49.4 Å². The Bertz CT molecular complexity index is 534. The summed E-state index contributed by atoms with van der Waals surface area (Å²) in [5.74, 6) is -0.153. The summed E-state index contributed by atoms with van der Waals surface area (Å²) >= 11 is 0. The molecule has 0 heterocycles. The number of carbonyl (C=O) groups is 2. The summed E-state index contributed by atoms with van der Waals surface area (Å²) in [6.45, 7) is 3.68. The van der Waals surface area contributed by atoms with Gasteiger partial charge in [-0.2, -0.15) is 0 Å². The van der Waals surface area contributed by atoms with Gasteiger partial charge in [0.1, 0.15) is 6.54 Å². The molecular weight excluding hydrogens is 288 g/mol. The van der Waals surface area contributed by atoms with Gasteiger partial charge in [-0.3, -0.25) is 9.59 Å². The van der Waals surface area contributed by atoms with Gasteiger partial charge >= 0.3 is 0 Å². The van der Waals surface area contributed by atoms with Crippen molar-refractivity contribution in [2.24, 2.45) is 0 Å². The molecule has 0 aliphatic heterocycles. The summed E-state index contributed by atoms with van der Waals surface area (Å²) in [5.41, 5.74) is 1.93. The predicted octanol–water partition coefficient (Wildman–Crippen LogP) is 3.44. The first kappa shape index (κ1) is 17.5. The minimum absolute atomic E-state index is 0.0574. The minimum Gasteiger partial charge on any atom is -0.352 e. The highest BCUT2D eigenvalue weighted by atomic mass is 16.2. The molecule has 126 valence electrons. The lowest BCUT2D eigenvalue weighted by atomic mass is 10.1. The van der Waals surface area contributed by atoms with Crippen molar-refractivity contribution >= 4 is 17.5 Å². The monoisotopic (exact) mass is 316 g/mol. The Labute approximate surface area is 139 Å². The van der Waals surface area contributed by atoms with Crippen molar-refractivity contribution in [1.29, 1.82) is 0 Å². The quantitative estimate of drug-likeness (QED) is 0.846. The Morgan fingerprint density at radius 3 is 2.39 bits per heavy atom. The highest BCUT2D eigenvalue weighted by molar-refractivity contribution is 5.98. The maximum absolute atomic E-state index is 12.4. The molecule has 0 unspecified atom stereocenters. The molecule has 0 radical (unpaired) electrons. The standard InChI is InChI=1S/C19H28N2O2/c1-3-16-10-8-9-13-18(16)21(15(2)22)14-19(23)20-17-11-6-4-5-7-12-17/h8-10,13,17H,3-7,11-12,14H2,1-2H3,(H,20,23). The molecule has 4 heteroatoms. The molecule has 1 saturated carbocycles. The number of hydrogen-bond donors (Lipinski definition) is 1. The third kappa shape index (κ3) is 5.08. The van der Waals surface area contributed by atoms with Crippen LogP contribution in [0.3, 0.4) is 0 Å². The van der Waals surface area contributed by atoms with Gasteiger partial charge in [0.15, 0.2) is 0 Å². The Hall–Kier alpha value is -1.84. The van der Waals surface area contributed by atoms with Crippen molar-refractivity contribution in [3.8, 4) is 0 Å². The van der Waals surface area contributed by atoms with E-state index in [2.05, 4.69) is 12.2 Å². The van der Waals surface area contributed by atoms with Crippen LogP contribution in [0.4, 0.5) is 5.69 Å². The van der Waals surface area contributed by atoms with Crippen LogP contribution < -0.4 is 10.2 Å². The Morgan fingerprint density at radius 1 is 1.13 bits per heavy atom. The number of amides is 2. The van der Waals surface area contributed by atoms with E-state index in [1.165, 1.54) is 32.6 Å². The summed E-state index contributed by atoms with van der Waals surface area (Å²) in [7, 11) is 0. The minimum atomic E-state index is -0.0954. The number of rotatable bonds is 5. The molecule has 23 heavy (non-hydrogen) atoms. The number of benzene rings is 1. The van der Waals surface area contributed by atoms with Gasteiger partial charge in [0, 0.05) is 18.7 Å². The highest BCUT2D eigenvalue weighted by Gasteiger charge is 2.20. The van der Waals surface area contributed by atoms with Crippen LogP contribution in [0, 0.1) is 0 Å². The van der Waals surface area contributed by atoms with E-state index in [9.17, 15) is 9.59 Å². The van der Waals surface area contributed by atoms with Gasteiger partial charge in [-0.05, 0) is 30.9 Å². The zero-order valence-corrected chi connectivity index (χ0v) is 14.3. The second-order valence-electron chi connectivity index (χ2n) is 6.34. The van der Waals surface area contributed by atoms with Crippen LogP contribution >= 0.6 is 0 Å². The first-order chi connectivity index (χ1) is 11.1. The largest absolute Gasteiger partial charge is 0.352 e. The molecule has 1 aromatic carbocycles. The van der Waals surface area contributed by atoms with Crippen LogP contribution in [-0.4, -0.2) is 24.4 Å². The van der Waals surface area contributed by atoms with E-state index in [0.29, 0.717) is 0 Å². The smallest absolute Gasteiger partial charge is 0.240 e. The zero-order chi connectivity index (χ0) is 16.7. The zero-order valence-electron chi connectivity index (χ0n) is 14.3. The molecule has 4 nitrogen and oxygen atoms in total. The fraction of sp³-hybridized carbons (Fsp3) is 0.579. The maximum Gasteiger partial charge on any atom is 0.240 e. The SMILES string of the molecule is CCc1ccccc1N(CC(=O)NC1CCCCCC1)C(C)=O. The van der Waals surface area contributed by atoms with Crippen LogP contribution in [0.25, 0.3) is 0 Å². The first-order valence-electron chi connectivity index (χ1n) is 8.77. The highest BCUT2D eigenvalue weighted by Crippen LogP contribution is 2.21. The van der Waals surface area contributed by atoms with Crippen LogP contribution in [0.2, 0.25) is 0 Å². The van der Waals surface area contributed by atoms with Crippen LogP contribution in [0.1, 0.15) is 57.9 Å². The summed E-state index contributed by atoms with van der Waals surface area (Å²) < 4.78 is 0. The molecule has 1 aliphatic carbocycles. The average molecular weight is 316 g/mol. The Morgan fingerprint density at radius 2 is 1.78 bits per heavy atom. The van der Waals surface area contributed by atoms with Crippen molar-refractivity contribution in [1.82, 2.24) is 5.32 Å². The van der Waals surface area contributed by atoms with Gasteiger partial charge < -0.3 is 10.2 Å². The summed E-state index contributed by atoms with van der Waals surface area (Å²) in [6, 6.07) is 8.06. The number of nitrogens with zero attached hydrogens (tertiary/aromatic N) is 1. The Kier molecular flexibility index (Phi) is 6.63. The molecule has 0 bridgehead atoms. The van der Waals surface area contributed by atoms with Crippen molar-refractivity contribution in [3.05, 3.63) is 29.8 Å². The number of para-hydroxylation sites is 1. The molecule has 0 atom stereocenters. The molecule has 2 rings (SSSR count). The summed E-state index contributed by atoms with van der Waals surface area (Å²) in [5, 5.41) is 3.12. The van der Waals surface area contributed by atoms with Crippen LogP contribution in [0.15, 0.2) is 24.3 Å². The number of nitrogens with one attached hydrogen (secondary N) is 1. The van der Waals surface area contributed by atoms with E-state index in [1.807, 2.05) is 24.3 Å². The lowest BCUT2D eigenvalue weighted by molar-refractivity contribution is -0.123. The van der Waals surface area contributed by atoms with Gasteiger partial charge in [-0.25, -0.2) is 0 Å². The van der Waals surface area contributed by atoms with Gasteiger partial charge in [0.2, 0.25) is 11.8 Å². The van der Waals surface area contributed by atoms with E-state index in [-0.39, 0.29) is 24.4 Å². The molecule has 1 N–H and O–H groups in total. The lowest BCUT2D eigenvalue weighted by Gasteiger charge is -2.25. The number of aryl methyl sites for hydroxylation is 1. The fourth-order valence-electron chi connectivity index (χ4n) is 3.28. The van der Waals surface area contributed by atoms with Crippen LogP contribution in [-0.2, 0) is 16.0 Å². The van der Waals surface area contributed by atoms with E-state index in [4.69, 9.17) is 0 Å². The van der Waals surface area contributed by atoms with Gasteiger partial charge in [-0.1, -0.05) is 50.8 Å². The Balaban J connectivity index is 2.04. The summed E-state index contributed by atoms with van der Waals surface area (Å²) in [4.78, 5) is 26.0. The molecule has 0 saturated heterocycles. The van der Waals surface area contributed by atoms with Crippen molar-refractivity contribution in [3.63, 3.8) is 0 Å².